The van der Waals surface area contributed by atoms with Gasteiger partial charge in [-0.1, -0.05) is 17.7 Å². The summed E-state index contributed by atoms with van der Waals surface area (Å²) in [6.07, 6.45) is 7.34. The van der Waals surface area contributed by atoms with E-state index in [-0.39, 0.29) is 5.91 Å². The highest BCUT2D eigenvalue weighted by Crippen LogP contribution is 2.28. The Hall–Kier alpha value is -2.96. The Morgan fingerprint density at radius 1 is 1.21 bits per heavy atom. The molecular weight excluding hydrogens is 352 g/mol. The highest BCUT2D eigenvalue weighted by Gasteiger charge is 2.28. The van der Waals surface area contributed by atoms with Crippen LogP contribution < -0.4 is 0 Å². The number of aryl methyl sites for hydroxylation is 1. The second-order valence-corrected chi connectivity index (χ2v) is 7.39. The summed E-state index contributed by atoms with van der Waals surface area (Å²) in [6, 6.07) is 7.82. The first-order chi connectivity index (χ1) is 13.7. The van der Waals surface area contributed by atoms with Crippen LogP contribution in [0.1, 0.15) is 53.3 Å². The highest BCUT2D eigenvalue weighted by atomic mass is 16.2. The number of imidazole rings is 1. The van der Waals surface area contributed by atoms with Crippen molar-refractivity contribution in [2.75, 3.05) is 13.1 Å². The monoisotopic (exact) mass is 378 g/mol. The molecule has 0 saturated carbocycles. The molecule has 7 nitrogen and oxygen atoms in total. The number of nitrogens with zero attached hydrogens (tertiary/aromatic N) is 6. The molecule has 2 aromatic heterocycles. The Kier molecular flexibility index (Phi) is 5.23. The molecule has 0 spiro atoms. The second-order valence-electron chi connectivity index (χ2n) is 7.39. The minimum atomic E-state index is 0.125. The summed E-state index contributed by atoms with van der Waals surface area (Å²) in [5.74, 6) is 2.46. The summed E-state index contributed by atoms with van der Waals surface area (Å²) in [4.78, 5) is 18.8. The minimum Gasteiger partial charge on any atom is -0.339 e. The lowest BCUT2D eigenvalue weighted by atomic mass is 9.95. The number of hydrogen-bond donors (Lipinski definition) is 0. The Morgan fingerprint density at radius 3 is 2.71 bits per heavy atom. The zero-order chi connectivity index (χ0) is 19.5. The van der Waals surface area contributed by atoms with E-state index in [1.54, 1.807) is 12.5 Å². The van der Waals surface area contributed by atoms with Gasteiger partial charge in [0.2, 0.25) is 0 Å². The quantitative estimate of drug-likeness (QED) is 0.685. The van der Waals surface area contributed by atoms with Crippen molar-refractivity contribution in [3.05, 3.63) is 65.8 Å². The van der Waals surface area contributed by atoms with Gasteiger partial charge in [-0.3, -0.25) is 4.79 Å². The van der Waals surface area contributed by atoms with Crippen molar-refractivity contribution < 1.29 is 4.79 Å². The molecule has 28 heavy (non-hydrogen) atoms. The van der Waals surface area contributed by atoms with Crippen LogP contribution >= 0.6 is 0 Å². The maximum atomic E-state index is 12.8. The van der Waals surface area contributed by atoms with Gasteiger partial charge in [0.05, 0.1) is 12.9 Å². The Bertz CT molecular complexity index is 938. The molecule has 1 fully saturated rings. The van der Waals surface area contributed by atoms with E-state index in [0.717, 1.165) is 55.3 Å². The van der Waals surface area contributed by atoms with E-state index in [1.807, 2.05) is 46.9 Å². The molecule has 3 heterocycles. The van der Waals surface area contributed by atoms with Crippen LogP contribution in [0, 0.1) is 6.92 Å². The summed E-state index contributed by atoms with van der Waals surface area (Å²) < 4.78 is 4.21. The Balaban J connectivity index is 1.44. The third-order valence-electron chi connectivity index (χ3n) is 5.47. The number of benzene rings is 1. The number of piperidine rings is 1. The van der Waals surface area contributed by atoms with Crippen molar-refractivity contribution in [2.24, 2.45) is 0 Å². The van der Waals surface area contributed by atoms with Crippen LogP contribution in [0.5, 0.6) is 0 Å². The van der Waals surface area contributed by atoms with Gasteiger partial charge < -0.3 is 14.0 Å². The molecule has 0 radical (unpaired) electrons. The normalized spacial score (nSPS) is 15.1. The summed E-state index contributed by atoms with van der Waals surface area (Å²) >= 11 is 0. The van der Waals surface area contributed by atoms with Gasteiger partial charge in [-0.05, 0) is 38.8 Å². The van der Waals surface area contributed by atoms with Gasteiger partial charge in [-0.2, -0.15) is 0 Å². The first kappa shape index (κ1) is 18.4. The first-order valence-electron chi connectivity index (χ1n) is 9.89. The minimum absolute atomic E-state index is 0.125. The fourth-order valence-electron chi connectivity index (χ4n) is 3.96. The standard InChI is InChI=1S/C21H26N6O/c1-3-27-19(14-25-12-9-22-15-25)23-24-20(27)17-7-10-26(11-8-17)21(28)18-6-4-5-16(2)13-18/h4-6,9,12-13,15,17H,3,7-8,10-11,14H2,1-2H3. The van der Waals surface area contributed by atoms with Crippen LogP contribution in [-0.2, 0) is 13.1 Å². The summed E-state index contributed by atoms with van der Waals surface area (Å²) in [5.41, 5.74) is 1.89. The van der Waals surface area contributed by atoms with E-state index >= 15 is 0 Å². The maximum absolute atomic E-state index is 12.8. The SMILES string of the molecule is CCn1c(Cn2ccnc2)nnc1C1CCN(C(=O)c2cccc(C)c2)CC1. The van der Waals surface area contributed by atoms with Crippen molar-refractivity contribution in [1.82, 2.24) is 29.2 Å². The molecule has 1 amide bonds. The molecule has 3 aromatic rings. The third-order valence-corrected chi connectivity index (χ3v) is 5.47. The van der Waals surface area contributed by atoms with Crippen LogP contribution in [0.2, 0.25) is 0 Å². The zero-order valence-corrected chi connectivity index (χ0v) is 16.5. The van der Waals surface area contributed by atoms with Crippen LogP contribution in [0.15, 0.2) is 43.0 Å². The number of aromatic nitrogens is 5. The predicted octanol–water partition coefficient (Wildman–Crippen LogP) is 2.87. The fourth-order valence-corrected chi connectivity index (χ4v) is 3.96. The van der Waals surface area contributed by atoms with Gasteiger partial charge in [0.25, 0.3) is 5.91 Å². The van der Waals surface area contributed by atoms with Gasteiger partial charge in [0.1, 0.15) is 5.82 Å². The summed E-state index contributed by atoms with van der Waals surface area (Å²) in [7, 11) is 0. The number of rotatable bonds is 5. The molecule has 1 aliphatic heterocycles. The molecule has 0 unspecified atom stereocenters. The highest BCUT2D eigenvalue weighted by molar-refractivity contribution is 5.94. The average Bonchev–Trinajstić information content (AvgIpc) is 3.37. The van der Waals surface area contributed by atoms with Crippen molar-refractivity contribution in [2.45, 2.75) is 45.7 Å². The smallest absolute Gasteiger partial charge is 0.253 e. The van der Waals surface area contributed by atoms with E-state index in [4.69, 9.17) is 0 Å². The number of hydrogen-bond acceptors (Lipinski definition) is 4. The molecule has 1 aromatic carbocycles. The molecule has 0 N–H and O–H groups in total. The molecule has 1 saturated heterocycles. The number of carbonyl (C=O) groups is 1. The van der Waals surface area contributed by atoms with Gasteiger partial charge in [-0.25, -0.2) is 4.98 Å². The first-order valence-corrected chi connectivity index (χ1v) is 9.89. The maximum Gasteiger partial charge on any atom is 0.253 e. The average molecular weight is 378 g/mol. The second kappa shape index (κ2) is 7.96. The molecule has 146 valence electrons. The van der Waals surface area contributed by atoms with E-state index in [2.05, 4.69) is 26.7 Å². The van der Waals surface area contributed by atoms with Gasteiger partial charge in [-0.15, -0.1) is 10.2 Å². The van der Waals surface area contributed by atoms with Gasteiger partial charge in [0.15, 0.2) is 5.82 Å². The number of carbonyl (C=O) groups excluding carboxylic acids is 1. The Labute approximate surface area is 165 Å². The largest absolute Gasteiger partial charge is 0.339 e. The van der Waals surface area contributed by atoms with E-state index < -0.39 is 0 Å². The van der Waals surface area contributed by atoms with Crippen molar-refractivity contribution >= 4 is 5.91 Å². The van der Waals surface area contributed by atoms with Crippen LogP contribution in [0.25, 0.3) is 0 Å². The predicted molar refractivity (Wildman–Crippen MR) is 106 cm³/mol. The molecule has 0 aliphatic carbocycles. The van der Waals surface area contributed by atoms with E-state index in [9.17, 15) is 4.79 Å². The molecule has 4 rings (SSSR count). The topological polar surface area (TPSA) is 68.8 Å². The van der Waals surface area contributed by atoms with E-state index in [1.165, 1.54) is 0 Å². The summed E-state index contributed by atoms with van der Waals surface area (Å²) in [6.45, 7) is 7.17. The summed E-state index contributed by atoms with van der Waals surface area (Å²) in [5, 5.41) is 8.94. The molecule has 1 aliphatic rings. The van der Waals surface area contributed by atoms with Gasteiger partial charge in [0, 0.05) is 43.5 Å². The lowest BCUT2D eigenvalue weighted by Gasteiger charge is -2.32. The van der Waals surface area contributed by atoms with Crippen molar-refractivity contribution in [3.8, 4) is 0 Å². The van der Waals surface area contributed by atoms with Crippen molar-refractivity contribution in [3.63, 3.8) is 0 Å². The third kappa shape index (κ3) is 3.69. The van der Waals surface area contributed by atoms with Crippen molar-refractivity contribution in [1.29, 1.82) is 0 Å². The number of likely N-dealkylation sites (tertiary alicyclic amines) is 1. The lowest BCUT2D eigenvalue weighted by molar-refractivity contribution is 0.0710. The van der Waals surface area contributed by atoms with Crippen LogP contribution in [-0.4, -0.2) is 48.2 Å². The lowest BCUT2D eigenvalue weighted by Crippen LogP contribution is -2.38. The van der Waals surface area contributed by atoms with E-state index in [0.29, 0.717) is 12.5 Å². The van der Waals surface area contributed by atoms with Crippen LogP contribution in [0.4, 0.5) is 0 Å². The molecule has 7 heteroatoms. The zero-order valence-electron chi connectivity index (χ0n) is 16.5. The number of amides is 1. The Morgan fingerprint density at radius 2 is 2.04 bits per heavy atom. The molecule has 0 atom stereocenters. The fraction of sp³-hybridized carbons (Fsp3) is 0.429. The van der Waals surface area contributed by atoms with Crippen LogP contribution in [0.3, 0.4) is 0 Å². The molecular formula is C21H26N6O. The van der Waals surface area contributed by atoms with Gasteiger partial charge >= 0.3 is 0 Å². The molecule has 0 bridgehead atoms.